The number of nitrogens with two attached hydrogens (primary N) is 1. The molecule has 0 saturated carbocycles. The molecule has 2 heterocycles. The molecule has 1 fully saturated rings. The van der Waals surface area contributed by atoms with Crippen molar-refractivity contribution in [2.24, 2.45) is 5.73 Å². The number of carbonyl (C=O) groups excluding carboxylic acids is 1. The Kier molecular flexibility index (Phi) is 5.33. The standard InChI is InChI=1S/C22H23N3O4/c23-12-14-3-1-4-15(9-14)18-11-17(10-16-6-8-29-21(16)18)24-22(28)19-5-2-7-25(19)13-20(26)27/h1,3-4,6,8-11,19H,2,5,7,12-13,23H2,(H,24,28)(H,26,27)/t19-/m1/s1. The van der Waals surface area contributed by atoms with Crippen molar-refractivity contribution in [3.8, 4) is 11.1 Å². The molecular weight excluding hydrogens is 370 g/mol. The average molecular weight is 393 g/mol. The first-order chi connectivity index (χ1) is 14.0. The number of carbonyl (C=O) groups is 2. The highest BCUT2D eigenvalue weighted by atomic mass is 16.4. The number of rotatable bonds is 6. The zero-order valence-electron chi connectivity index (χ0n) is 15.9. The number of carboxylic acid groups (broad SMARTS) is 1. The summed E-state index contributed by atoms with van der Waals surface area (Å²) >= 11 is 0. The number of nitrogens with one attached hydrogen (secondary N) is 1. The molecule has 2 aromatic carbocycles. The van der Waals surface area contributed by atoms with Crippen LogP contribution >= 0.6 is 0 Å². The molecule has 0 radical (unpaired) electrons. The highest BCUT2D eigenvalue weighted by molar-refractivity contribution is 6.01. The second kappa shape index (κ2) is 8.06. The Morgan fingerprint density at radius 1 is 1.24 bits per heavy atom. The van der Waals surface area contributed by atoms with Crippen LogP contribution in [0.2, 0.25) is 0 Å². The fourth-order valence-corrected chi connectivity index (χ4v) is 3.95. The van der Waals surface area contributed by atoms with Crippen LogP contribution in [0.15, 0.2) is 53.1 Å². The number of carboxylic acids is 1. The largest absolute Gasteiger partial charge is 0.480 e. The molecule has 1 aliphatic rings. The normalized spacial score (nSPS) is 16.9. The van der Waals surface area contributed by atoms with Crippen molar-refractivity contribution in [1.82, 2.24) is 4.90 Å². The van der Waals surface area contributed by atoms with E-state index in [1.165, 1.54) is 0 Å². The highest BCUT2D eigenvalue weighted by Crippen LogP contribution is 2.33. The number of hydrogen-bond donors (Lipinski definition) is 3. The lowest BCUT2D eigenvalue weighted by Crippen LogP contribution is -2.42. The summed E-state index contributed by atoms with van der Waals surface area (Å²) in [4.78, 5) is 25.6. The third-order valence-corrected chi connectivity index (χ3v) is 5.30. The molecule has 150 valence electrons. The van der Waals surface area contributed by atoms with E-state index in [-0.39, 0.29) is 12.5 Å². The third-order valence-electron chi connectivity index (χ3n) is 5.30. The van der Waals surface area contributed by atoms with E-state index in [4.69, 9.17) is 15.3 Å². The van der Waals surface area contributed by atoms with Crippen LogP contribution in [0.25, 0.3) is 22.1 Å². The first-order valence-corrected chi connectivity index (χ1v) is 9.62. The van der Waals surface area contributed by atoms with Gasteiger partial charge in [-0.25, -0.2) is 0 Å². The minimum atomic E-state index is -0.924. The molecule has 1 saturated heterocycles. The van der Waals surface area contributed by atoms with Gasteiger partial charge in [0.25, 0.3) is 0 Å². The van der Waals surface area contributed by atoms with Crippen LogP contribution in [0.3, 0.4) is 0 Å². The predicted molar refractivity (Wildman–Crippen MR) is 110 cm³/mol. The first-order valence-electron chi connectivity index (χ1n) is 9.62. The fraction of sp³-hybridized carbons (Fsp3) is 0.273. The van der Waals surface area contributed by atoms with Crippen molar-refractivity contribution in [2.75, 3.05) is 18.4 Å². The van der Waals surface area contributed by atoms with Crippen molar-refractivity contribution in [2.45, 2.75) is 25.4 Å². The van der Waals surface area contributed by atoms with Gasteiger partial charge in [-0.3, -0.25) is 14.5 Å². The lowest BCUT2D eigenvalue weighted by molar-refractivity contribution is -0.139. The average Bonchev–Trinajstić information content (AvgIpc) is 3.36. The van der Waals surface area contributed by atoms with E-state index in [1.807, 2.05) is 42.5 Å². The topological polar surface area (TPSA) is 109 Å². The summed E-state index contributed by atoms with van der Waals surface area (Å²) in [5, 5.41) is 12.9. The van der Waals surface area contributed by atoms with Crippen LogP contribution in [-0.4, -0.2) is 41.0 Å². The van der Waals surface area contributed by atoms with Crippen LogP contribution in [0, 0.1) is 0 Å². The van der Waals surface area contributed by atoms with Gasteiger partial charge in [0.15, 0.2) is 0 Å². The number of aliphatic carboxylic acids is 1. The summed E-state index contributed by atoms with van der Waals surface area (Å²) in [5.41, 5.74) is 10.00. The van der Waals surface area contributed by atoms with Crippen LogP contribution < -0.4 is 11.1 Å². The molecule has 29 heavy (non-hydrogen) atoms. The SMILES string of the molecule is NCc1cccc(-c2cc(NC(=O)[C@H]3CCCN3CC(=O)O)cc3ccoc23)c1. The lowest BCUT2D eigenvalue weighted by atomic mass is 10.0. The molecule has 1 atom stereocenters. The Bertz CT molecular complexity index is 1060. The number of benzene rings is 2. The van der Waals surface area contributed by atoms with Crippen LogP contribution in [0.4, 0.5) is 5.69 Å². The number of fused-ring (bicyclic) bond motifs is 1. The molecular formula is C22H23N3O4. The molecule has 0 bridgehead atoms. The highest BCUT2D eigenvalue weighted by Gasteiger charge is 2.32. The van der Waals surface area contributed by atoms with Gasteiger partial charge < -0.3 is 20.6 Å². The lowest BCUT2D eigenvalue weighted by Gasteiger charge is -2.22. The first kappa shape index (κ1) is 19.2. The molecule has 4 N–H and O–H groups in total. The maximum Gasteiger partial charge on any atom is 0.317 e. The van der Waals surface area contributed by atoms with Crippen LogP contribution in [0.1, 0.15) is 18.4 Å². The third kappa shape index (κ3) is 4.01. The molecule has 3 aromatic rings. The van der Waals surface area contributed by atoms with Gasteiger partial charge in [0.05, 0.1) is 18.8 Å². The molecule has 1 amide bonds. The summed E-state index contributed by atoms with van der Waals surface area (Å²) < 4.78 is 5.68. The number of hydrogen-bond acceptors (Lipinski definition) is 5. The van der Waals surface area contributed by atoms with Gasteiger partial charge in [-0.05, 0) is 54.8 Å². The second-order valence-electron chi connectivity index (χ2n) is 7.28. The van der Waals surface area contributed by atoms with E-state index in [0.29, 0.717) is 25.2 Å². The number of anilines is 1. The number of amides is 1. The summed E-state index contributed by atoms with van der Waals surface area (Å²) in [7, 11) is 0. The van der Waals surface area contributed by atoms with E-state index in [9.17, 15) is 9.59 Å². The monoisotopic (exact) mass is 393 g/mol. The van der Waals surface area contributed by atoms with Gasteiger partial charge in [0, 0.05) is 23.2 Å². The molecule has 0 aliphatic carbocycles. The fourth-order valence-electron chi connectivity index (χ4n) is 3.95. The van der Waals surface area contributed by atoms with Gasteiger partial charge in [-0.2, -0.15) is 0 Å². The Morgan fingerprint density at radius 3 is 2.90 bits per heavy atom. The Balaban J connectivity index is 1.64. The van der Waals surface area contributed by atoms with Crippen LogP contribution in [-0.2, 0) is 16.1 Å². The molecule has 1 aliphatic heterocycles. The summed E-state index contributed by atoms with van der Waals surface area (Å²) in [5.74, 6) is -1.11. The van der Waals surface area contributed by atoms with Gasteiger partial charge in [0.2, 0.25) is 5.91 Å². The van der Waals surface area contributed by atoms with Crippen molar-refractivity contribution in [1.29, 1.82) is 0 Å². The zero-order chi connectivity index (χ0) is 20.4. The quantitative estimate of drug-likeness (QED) is 0.594. The minimum Gasteiger partial charge on any atom is -0.480 e. The summed E-state index contributed by atoms with van der Waals surface area (Å²) in [6, 6.07) is 13.1. The summed E-state index contributed by atoms with van der Waals surface area (Å²) in [6.45, 7) is 0.922. The van der Waals surface area contributed by atoms with E-state index in [2.05, 4.69) is 5.32 Å². The Morgan fingerprint density at radius 2 is 2.10 bits per heavy atom. The van der Waals surface area contributed by atoms with E-state index in [0.717, 1.165) is 34.1 Å². The Hall–Kier alpha value is -3.16. The zero-order valence-corrected chi connectivity index (χ0v) is 15.9. The molecule has 0 unspecified atom stereocenters. The van der Waals surface area contributed by atoms with E-state index >= 15 is 0 Å². The van der Waals surface area contributed by atoms with Gasteiger partial charge in [0.1, 0.15) is 5.58 Å². The van der Waals surface area contributed by atoms with Crippen molar-refractivity contribution in [3.63, 3.8) is 0 Å². The van der Waals surface area contributed by atoms with Crippen molar-refractivity contribution >= 4 is 28.5 Å². The molecule has 1 aromatic heterocycles. The smallest absolute Gasteiger partial charge is 0.317 e. The number of nitrogens with zero attached hydrogens (tertiary/aromatic N) is 1. The second-order valence-corrected chi connectivity index (χ2v) is 7.28. The number of furan rings is 1. The maximum atomic E-state index is 12.8. The minimum absolute atomic E-state index is 0.129. The van der Waals surface area contributed by atoms with Crippen LogP contribution in [0.5, 0.6) is 0 Å². The molecule has 7 nitrogen and oxygen atoms in total. The number of likely N-dealkylation sites (tertiary alicyclic amines) is 1. The van der Waals surface area contributed by atoms with Gasteiger partial charge in [-0.1, -0.05) is 18.2 Å². The van der Waals surface area contributed by atoms with Gasteiger partial charge in [-0.15, -0.1) is 0 Å². The van der Waals surface area contributed by atoms with Gasteiger partial charge >= 0.3 is 5.97 Å². The predicted octanol–water partition coefficient (Wildman–Crippen LogP) is 3.05. The van der Waals surface area contributed by atoms with Crippen molar-refractivity contribution < 1.29 is 19.1 Å². The van der Waals surface area contributed by atoms with Crippen molar-refractivity contribution in [3.05, 3.63) is 54.3 Å². The molecule has 0 spiro atoms. The van der Waals surface area contributed by atoms with E-state index < -0.39 is 12.0 Å². The Labute approximate surface area is 168 Å². The molecule has 4 rings (SSSR count). The van der Waals surface area contributed by atoms with E-state index in [1.54, 1.807) is 11.2 Å². The summed E-state index contributed by atoms with van der Waals surface area (Å²) in [6.07, 6.45) is 3.08. The molecule has 7 heteroatoms. The maximum absolute atomic E-state index is 12.8.